The molecule has 0 amide bonds. The number of halogens is 1. The van der Waals surface area contributed by atoms with Gasteiger partial charge in [0, 0.05) is 5.33 Å². The Balaban J connectivity index is 2.73. The van der Waals surface area contributed by atoms with Crippen LogP contribution in [0, 0.1) is 0 Å². The second-order valence-corrected chi connectivity index (χ2v) is 1.68. The van der Waals surface area contributed by atoms with Gasteiger partial charge in [0.15, 0.2) is 0 Å². The topological polar surface area (TPSA) is 0 Å². The molecule has 0 heterocycles. The van der Waals surface area contributed by atoms with E-state index in [1.54, 1.807) is 0 Å². The van der Waals surface area contributed by atoms with Crippen molar-refractivity contribution in [2.75, 3.05) is 5.33 Å². The number of alkyl halides is 1. The summed E-state index contributed by atoms with van der Waals surface area (Å²) >= 11 is 3.26. The van der Waals surface area contributed by atoms with Gasteiger partial charge >= 0.3 is 0 Å². The fraction of sp³-hybridized carbons (Fsp3) is 0.600. The standard InChI is InChI=1S/C5H9Br/c1-2-3-4-5-6/h3-4H,2,5H2,1H3/b4-3+. The molecule has 0 aliphatic rings. The van der Waals surface area contributed by atoms with Crippen LogP contribution in [0.5, 0.6) is 0 Å². The zero-order valence-corrected chi connectivity index (χ0v) is 5.53. The highest BCUT2D eigenvalue weighted by molar-refractivity contribution is 9.09. The molecule has 0 aromatic carbocycles. The Morgan fingerprint density at radius 1 is 1.50 bits per heavy atom. The van der Waals surface area contributed by atoms with Gasteiger partial charge in [0.05, 0.1) is 0 Å². The van der Waals surface area contributed by atoms with Crippen molar-refractivity contribution in [2.45, 2.75) is 13.3 Å². The molecule has 1 heteroatoms. The minimum atomic E-state index is 0.987. The minimum Gasteiger partial charge on any atom is -0.0883 e. The zero-order valence-electron chi connectivity index (χ0n) is 3.95. The van der Waals surface area contributed by atoms with Crippen LogP contribution in [-0.4, -0.2) is 5.33 Å². The van der Waals surface area contributed by atoms with E-state index in [9.17, 15) is 0 Å². The first-order chi connectivity index (χ1) is 2.91. The zero-order chi connectivity index (χ0) is 4.83. The first-order valence-corrected chi connectivity index (χ1v) is 3.25. The number of rotatable bonds is 2. The SMILES string of the molecule is CC/C=C/CBr. The molecular weight excluding hydrogens is 140 g/mol. The molecule has 0 rings (SSSR count). The third-order valence-corrected chi connectivity index (χ3v) is 0.865. The lowest BCUT2D eigenvalue weighted by atomic mass is 10.4. The molecule has 0 saturated heterocycles. The summed E-state index contributed by atoms with van der Waals surface area (Å²) in [6.07, 6.45) is 5.38. The minimum absolute atomic E-state index is 0.987. The highest BCUT2D eigenvalue weighted by Gasteiger charge is 1.61. The fourth-order valence-electron chi connectivity index (χ4n) is 0.230. The molecule has 0 N–H and O–H groups in total. The second kappa shape index (κ2) is 5.22. The van der Waals surface area contributed by atoms with Crippen LogP contribution in [0.1, 0.15) is 13.3 Å². The molecule has 0 atom stereocenters. The van der Waals surface area contributed by atoms with Gasteiger partial charge in [-0.15, -0.1) is 0 Å². The van der Waals surface area contributed by atoms with Gasteiger partial charge in [0.2, 0.25) is 0 Å². The van der Waals surface area contributed by atoms with Crippen LogP contribution in [0.2, 0.25) is 0 Å². The Morgan fingerprint density at radius 2 is 2.17 bits per heavy atom. The molecule has 0 aliphatic heterocycles. The van der Waals surface area contributed by atoms with Crippen LogP contribution < -0.4 is 0 Å². The summed E-state index contributed by atoms with van der Waals surface area (Å²) in [6.45, 7) is 2.12. The van der Waals surface area contributed by atoms with E-state index in [0.29, 0.717) is 0 Å². The van der Waals surface area contributed by atoms with Crippen LogP contribution in [0.25, 0.3) is 0 Å². The summed E-state index contributed by atoms with van der Waals surface area (Å²) in [6, 6.07) is 0. The monoisotopic (exact) mass is 148 g/mol. The predicted molar refractivity (Wildman–Crippen MR) is 33.2 cm³/mol. The maximum Gasteiger partial charge on any atom is 0.0212 e. The first kappa shape index (κ1) is 6.22. The van der Waals surface area contributed by atoms with E-state index in [-0.39, 0.29) is 0 Å². The lowest BCUT2D eigenvalue weighted by molar-refractivity contribution is 1.22. The van der Waals surface area contributed by atoms with Gasteiger partial charge in [-0.05, 0) is 6.42 Å². The third kappa shape index (κ3) is 4.22. The molecule has 0 bridgehead atoms. The molecule has 0 saturated carbocycles. The summed E-state index contributed by atoms with van der Waals surface area (Å²) in [5, 5.41) is 0.987. The predicted octanol–water partition coefficient (Wildman–Crippen LogP) is 2.35. The van der Waals surface area contributed by atoms with E-state index in [2.05, 4.69) is 35.0 Å². The summed E-state index contributed by atoms with van der Waals surface area (Å²) < 4.78 is 0. The van der Waals surface area contributed by atoms with Crippen LogP contribution in [-0.2, 0) is 0 Å². The van der Waals surface area contributed by atoms with Gasteiger partial charge < -0.3 is 0 Å². The Hall–Kier alpha value is 0.220. The molecule has 0 fully saturated rings. The van der Waals surface area contributed by atoms with Crippen molar-refractivity contribution < 1.29 is 0 Å². The largest absolute Gasteiger partial charge is 0.0883 e. The lowest BCUT2D eigenvalue weighted by Gasteiger charge is -1.71. The molecule has 0 aliphatic carbocycles. The van der Waals surface area contributed by atoms with Crippen molar-refractivity contribution in [3.8, 4) is 0 Å². The smallest absolute Gasteiger partial charge is 0.0212 e. The van der Waals surface area contributed by atoms with Crippen LogP contribution in [0.3, 0.4) is 0 Å². The van der Waals surface area contributed by atoms with E-state index in [0.717, 1.165) is 11.8 Å². The van der Waals surface area contributed by atoms with Gasteiger partial charge in [0.25, 0.3) is 0 Å². The molecule has 0 unspecified atom stereocenters. The van der Waals surface area contributed by atoms with Crippen molar-refractivity contribution in [3.05, 3.63) is 12.2 Å². The van der Waals surface area contributed by atoms with Gasteiger partial charge in [-0.2, -0.15) is 0 Å². The number of hydrogen-bond acceptors (Lipinski definition) is 0. The van der Waals surface area contributed by atoms with Gasteiger partial charge in [-0.25, -0.2) is 0 Å². The van der Waals surface area contributed by atoms with E-state index in [1.807, 2.05) is 0 Å². The Labute approximate surface area is 47.4 Å². The third-order valence-electron chi connectivity index (χ3n) is 0.491. The second-order valence-electron chi connectivity index (χ2n) is 1.03. The highest BCUT2D eigenvalue weighted by atomic mass is 79.9. The Bertz CT molecular complexity index is 33.2. The van der Waals surface area contributed by atoms with E-state index in [4.69, 9.17) is 0 Å². The van der Waals surface area contributed by atoms with Crippen molar-refractivity contribution in [3.63, 3.8) is 0 Å². The Morgan fingerprint density at radius 3 is 2.33 bits per heavy atom. The lowest BCUT2D eigenvalue weighted by Crippen LogP contribution is -1.55. The van der Waals surface area contributed by atoms with E-state index in [1.165, 1.54) is 0 Å². The maximum atomic E-state index is 3.26. The molecule has 6 heavy (non-hydrogen) atoms. The highest BCUT2D eigenvalue weighted by Crippen LogP contribution is 1.83. The molecule has 0 radical (unpaired) electrons. The molecule has 0 aromatic heterocycles. The summed E-state index contributed by atoms with van der Waals surface area (Å²) in [7, 11) is 0. The van der Waals surface area contributed by atoms with Crippen molar-refractivity contribution in [1.82, 2.24) is 0 Å². The van der Waals surface area contributed by atoms with E-state index >= 15 is 0 Å². The average molecular weight is 149 g/mol. The van der Waals surface area contributed by atoms with Crippen LogP contribution >= 0.6 is 15.9 Å². The Kier molecular flexibility index (Phi) is 5.41. The van der Waals surface area contributed by atoms with Crippen molar-refractivity contribution in [1.29, 1.82) is 0 Å². The average Bonchev–Trinajstić information content (AvgIpc) is 1.61. The molecular formula is C5H9Br. The summed E-state index contributed by atoms with van der Waals surface area (Å²) in [4.78, 5) is 0. The fourth-order valence-corrected chi connectivity index (χ4v) is 0.494. The van der Waals surface area contributed by atoms with Crippen molar-refractivity contribution in [2.24, 2.45) is 0 Å². The van der Waals surface area contributed by atoms with Crippen molar-refractivity contribution >= 4 is 15.9 Å². The normalized spacial score (nSPS) is 10.3. The van der Waals surface area contributed by atoms with Gasteiger partial charge in [0.1, 0.15) is 0 Å². The quantitative estimate of drug-likeness (QED) is 0.417. The number of hydrogen-bond donors (Lipinski definition) is 0. The number of allylic oxidation sites excluding steroid dienone is 2. The molecule has 0 nitrogen and oxygen atoms in total. The molecule has 36 valence electrons. The van der Waals surface area contributed by atoms with E-state index < -0.39 is 0 Å². The first-order valence-electron chi connectivity index (χ1n) is 2.12. The molecule has 0 spiro atoms. The van der Waals surface area contributed by atoms with Gasteiger partial charge in [-0.3, -0.25) is 0 Å². The van der Waals surface area contributed by atoms with Gasteiger partial charge in [-0.1, -0.05) is 35.0 Å². The summed E-state index contributed by atoms with van der Waals surface area (Å²) in [5.41, 5.74) is 0. The maximum absolute atomic E-state index is 3.26. The molecule has 0 aromatic rings. The summed E-state index contributed by atoms with van der Waals surface area (Å²) in [5.74, 6) is 0. The van der Waals surface area contributed by atoms with Crippen LogP contribution in [0.4, 0.5) is 0 Å². The van der Waals surface area contributed by atoms with Crippen LogP contribution in [0.15, 0.2) is 12.2 Å².